The SMILES string of the molecule is C=C(c1ccccc1N(C)C)c1cccc[n+]1CC. The number of benzene rings is 1. The maximum atomic E-state index is 4.30. The summed E-state index contributed by atoms with van der Waals surface area (Å²) in [6.45, 7) is 7.39. The van der Waals surface area contributed by atoms with Crippen LogP contribution in [0.1, 0.15) is 18.2 Å². The molecule has 0 N–H and O–H groups in total. The third kappa shape index (κ3) is 2.68. The first-order chi connectivity index (χ1) is 9.15. The third-order valence-electron chi connectivity index (χ3n) is 3.30. The molecule has 0 aliphatic carbocycles. The molecule has 0 aliphatic rings. The van der Waals surface area contributed by atoms with E-state index >= 15 is 0 Å². The van der Waals surface area contributed by atoms with E-state index in [9.17, 15) is 0 Å². The summed E-state index contributed by atoms with van der Waals surface area (Å²) < 4.78 is 2.22. The maximum absolute atomic E-state index is 4.30. The van der Waals surface area contributed by atoms with Gasteiger partial charge in [0.05, 0.1) is 0 Å². The third-order valence-corrected chi connectivity index (χ3v) is 3.30. The molecule has 1 heterocycles. The Bertz CT molecular complexity index is 585. The number of anilines is 1. The second-order valence-corrected chi connectivity index (χ2v) is 4.76. The minimum absolute atomic E-state index is 0.944. The van der Waals surface area contributed by atoms with Crippen LogP contribution in [0.25, 0.3) is 5.57 Å². The van der Waals surface area contributed by atoms with Gasteiger partial charge in [0.2, 0.25) is 5.69 Å². The number of aryl methyl sites for hydroxylation is 1. The monoisotopic (exact) mass is 253 g/mol. The van der Waals surface area contributed by atoms with E-state index in [1.165, 1.54) is 16.9 Å². The van der Waals surface area contributed by atoms with E-state index < -0.39 is 0 Å². The first-order valence-electron chi connectivity index (χ1n) is 6.59. The van der Waals surface area contributed by atoms with Crippen molar-refractivity contribution in [2.75, 3.05) is 19.0 Å². The molecule has 0 saturated heterocycles. The van der Waals surface area contributed by atoms with Crippen molar-refractivity contribution in [2.24, 2.45) is 0 Å². The lowest BCUT2D eigenvalue weighted by atomic mass is 10.0. The molecule has 0 atom stereocenters. The summed E-state index contributed by atoms with van der Waals surface area (Å²) in [5.74, 6) is 0. The Kier molecular flexibility index (Phi) is 4.00. The second kappa shape index (κ2) is 5.70. The lowest BCUT2D eigenvalue weighted by Crippen LogP contribution is -2.36. The van der Waals surface area contributed by atoms with E-state index in [0.717, 1.165) is 12.1 Å². The van der Waals surface area contributed by atoms with E-state index in [1.807, 2.05) is 0 Å². The van der Waals surface area contributed by atoms with Crippen LogP contribution in [0.15, 0.2) is 55.2 Å². The van der Waals surface area contributed by atoms with Gasteiger partial charge in [0.25, 0.3) is 0 Å². The molecule has 1 aromatic carbocycles. The first kappa shape index (κ1) is 13.3. The number of aromatic nitrogens is 1. The van der Waals surface area contributed by atoms with Gasteiger partial charge in [0, 0.05) is 43.1 Å². The number of hydrogen-bond acceptors (Lipinski definition) is 1. The molecule has 98 valence electrons. The van der Waals surface area contributed by atoms with E-state index in [4.69, 9.17) is 0 Å². The lowest BCUT2D eigenvalue weighted by molar-refractivity contribution is -0.695. The van der Waals surface area contributed by atoms with Crippen LogP contribution in [-0.2, 0) is 6.54 Å². The predicted octanol–water partition coefficient (Wildman–Crippen LogP) is 3.12. The Morgan fingerprint density at radius 3 is 2.47 bits per heavy atom. The van der Waals surface area contributed by atoms with Crippen molar-refractivity contribution in [3.8, 4) is 0 Å². The smallest absolute Gasteiger partial charge is 0.212 e. The van der Waals surface area contributed by atoms with Crippen molar-refractivity contribution in [3.05, 3.63) is 66.5 Å². The van der Waals surface area contributed by atoms with Crippen LogP contribution in [0.5, 0.6) is 0 Å². The number of nitrogens with zero attached hydrogens (tertiary/aromatic N) is 2. The van der Waals surface area contributed by atoms with Gasteiger partial charge in [-0.05, 0) is 19.1 Å². The lowest BCUT2D eigenvalue weighted by Gasteiger charge is -2.18. The summed E-state index contributed by atoms with van der Waals surface area (Å²) in [5, 5.41) is 0. The Morgan fingerprint density at radius 2 is 1.79 bits per heavy atom. The number of para-hydroxylation sites is 1. The van der Waals surface area contributed by atoms with Gasteiger partial charge in [0.1, 0.15) is 6.54 Å². The Hall–Kier alpha value is -2.09. The number of hydrogen-bond donors (Lipinski definition) is 0. The Labute approximate surface area is 115 Å². The summed E-state index contributed by atoms with van der Waals surface area (Å²) in [6.07, 6.45) is 2.10. The van der Waals surface area contributed by atoms with Crippen LogP contribution in [0, 0.1) is 0 Å². The van der Waals surface area contributed by atoms with Gasteiger partial charge in [-0.3, -0.25) is 0 Å². The molecule has 0 fully saturated rings. The fourth-order valence-corrected chi connectivity index (χ4v) is 2.28. The normalized spacial score (nSPS) is 10.3. The number of rotatable bonds is 4. The summed E-state index contributed by atoms with van der Waals surface area (Å²) in [7, 11) is 4.12. The minimum Gasteiger partial charge on any atom is -0.377 e. The molecule has 1 aromatic heterocycles. The van der Waals surface area contributed by atoms with Crippen molar-refractivity contribution in [1.82, 2.24) is 0 Å². The van der Waals surface area contributed by atoms with Gasteiger partial charge in [-0.25, -0.2) is 0 Å². The van der Waals surface area contributed by atoms with Gasteiger partial charge >= 0.3 is 0 Å². The van der Waals surface area contributed by atoms with Crippen molar-refractivity contribution >= 4 is 11.3 Å². The molecule has 0 bridgehead atoms. The molecule has 0 unspecified atom stereocenters. The molecule has 0 amide bonds. The van der Waals surface area contributed by atoms with Gasteiger partial charge in [-0.2, -0.15) is 4.57 Å². The molecule has 2 heteroatoms. The molecule has 2 nitrogen and oxygen atoms in total. The molecule has 2 aromatic rings. The Balaban J connectivity index is 2.50. The molecule has 0 saturated carbocycles. The van der Waals surface area contributed by atoms with E-state index in [2.05, 4.69) is 85.7 Å². The largest absolute Gasteiger partial charge is 0.377 e. The standard InChI is InChI=1S/C17H21N2/c1-5-19-13-9-8-11-16(19)14(2)15-10-6-7-12-17(15)18(3)4/h6-13H,2,5H2,1,3-4H3/q+1. The maximum Gasteiger partial charge on any atom is 0.212 e. The molecule has 2 rings (SSSR count). The van der Waals surface area contributed by atoms with Crippen molar-refractivity contribution in [1.29, 1.82) is 0 Å². The summed E-state index contributed by atoms with van der Waals surface area (Å²) >= 11 is 0. The predicted molar refractivity (Wildman–Crippen MR) is 81.2 cm³/mol. The topological polar surface area (TPSA) is 7.12 Å². The minimum atomic E-state index is 0.944. The number of pyridine rings is 1. The van der Waals surface area contributed by atoms with Crippen LogP contribution < -0.4 is 9.47 Å². The van der Waals surface area contributed by atoms with E-state index in [-0.39, 0.29) is 0 Å². The van der Waals surface area contributed by atoms with Crippen LogP contribution in [0.4, 0.5) is 5.69 Å². The average molecular weight is 253 g/mol. The van der Waals surface area contributed by atoms with Gasteiger partial charge in [-0.15, -0.1) is 0 Å². The van der Waals surface area contributed by atoms with Gasteiger partial charge in [0.15, 0.2) is 6.20 Å². The fourth-order valence-electron chi connectivity index (χ4n) is 2.28. The van der Waals surface area contributed by atoms with Crippen LogP contribution in [0.2, 0.25) is 0 Å². The molecule has 0 radical (unpaired) electrons. The highest BCUT2D eigenvalue weighted by Gasteiger charge is 2.16. The van der Waals surface area contributed by atoms with Crippen LogP contribution in [0.3, 0.4) is 0 Å². The zero-order chi connectivity index (χ0) is 13.8. The van der Waals surface area contributed by atoms with Crippen LogP contribution >= 0.6 is 0 Å². The average Bonchev–Trinajstić information content (AvgIpc) is 2.46. The fraction of sp³-hybridized carbons (Fsp3) is 0.235. The highest BCUT2D eigenvalue weighted by atomic mass is 15.1. The molecule has 19 heavy (non-hydrogen) atoms. The molecular formula is C17H21N2+. The van der Waals surface area contributed by atoms with E-state index in [0.29, 0.717) is 0 Å². The Morgan fingerprint density at radius 1 is 1.11 bits per heavy atom. The summed E-state index contributed by atoms with van der Waals surface area (Å²) in [6, 6.07) is 14.6. The highest BCUT2D eigenvalue weighted by molar-refractivity contribution is 5.82. The molecule has 0 spiro atoms. The quantitative estimate of drug-likeness (QED) is 0.759. The molecular weight excluding hydrogens is 232 g/mol. The second-order valence-electron chi connectivity index (χ2n) is 4.76. The zero-order valence-corrected chi connectivity index (χ0v) is 11.9. The highest BCUT2D eigenvalue weighted by Crippen LogP contribution is 2.27. The van der Waals surface area contributed by atoms with Crippen molar-refractivity contribution < 1.29 is 4.57 Å². The van der Waals surface area contributed by atoms with Crippen molar-refractivity contribution in [3.63, 3.8) is 0 Å². The molecule has 0 aliphatic heterocycles. The zero-order valence-electron chi connectivity index (χ0n) is 11.9. The summed E-state index contributed by atoms with van der Waals surface area (Å²) in [4.78, 5) is 2.12. The van der Waals surface area contributed by atoms with Gasteiger partial charge in [-0.1, -0.05) is 24.8 Å². The van der Waals surface area contributed by atoms with Crippen LogP contribution in [-0.4, -0.2) is 14.1 Å². The van der Waals surface area contributed by atoms with Gasteiger partial charge < -0.3 is 4.90 Å². The van der Waals surface area contributed by atoms with E-state index in [1.54, 1.807) is 0 Å². The van der Waals surface area contributed by atoms with Crippen molar-refractivity contribution in [2.45, 2.75) is 13.5 Å². The summed E-state index contributed by atoms with van der Waals surface area (Å²) in [5.41, 5.74) is 4.60. The first-order valence-corrected chi connectivity index (χ1v) is 6.59.